The summed E-state index contributed by atoms with van der Waals surface area (Å²) in [5.41, 5.74) is 1.14. The number of nitrogens with zero attached hydrogens (tertiary/aromatic N) is 1. The second kappa shape index (κ2) is 6.08. The van der Waals surface area contributed by atoms with Crippen LogP contribution in [0.15, 0.2) is 16.7 Å². The molecule has 0 fully saturated rings. The molecule has 3 nitrogen and oxygen atoms in total. The lowest BCUT2D eigenvalue weighted by atomic mass is 10.3. The third-order valence-electron chi connectivity index (χ3n) is 1.82. The van der Waals surface area contributed by atoms with E-state index in [1.54, 1.807) is 0 Å². The molecule has 4 heteroatoms. The number of aromatic nitrogens is 1. The summed E-state index contributed by atoms with van der Waals surface area (Å²) in [6, 6.07) is 2.04. The van der Waals surface area contributed by atoms with Crippen molar-refractivity contribution in [2.75, 3.05) is 18.5 Å². The Bertz CT molecular complexity index is 315. The molecular weight excluding hydrogens is 256 g/mol. The van der Waals surface area contributed by atoms with Crippen molar-refractivity contribution >= 4 is 21.7 Å². The van der Waals surface area contributed by atoms with Gasteiger partial charge in [0.2, 0.25) is 0 Å². The van der Waals surface area contributed by atoms with E-state index in [9.17, 15) is 0 Å². The van der Waals surface area contributed by atoms with Crippen LogP contribution >= 0.6 is 15.9 Å². The highest BCUT2D eigenvalue weighted by Gasteiger charge is 2.00. The molecule has 0 saturated carbocycles. The first kappa shape index (κ1) is 12.5. The van der Waals surface area contributed by atoms with Gasteiger partial charge in [-0.15, -0.1) is 0 Å². The largest absolute Gasteiger partial charge is 0.377 e. The highest BCUT2D eigenvalue weighted by Crippen LogP contribution is 2.19. The zero-order valence-corrected chi connectivity index (χ0v) is 11.0. The molecule has 0 amide bonds. The smallest absolute Gasteiger partial charge is 0.140 e. The van der Waals surface area contributed by atoms with E-state index < -0.39 is 0 Å². The summed E-state index contributed by atoms with van der Waals surface area (Å²) in [4.78, 5) is 4.28. The van der Waals surface area contributed by atoms with Gasteiger partial charge in [0, 0.05) is 12.7 Å². The maximum Gasteiger partial charge on any atom is 0.140 e. The zero-order valence-electron chi connectivity index (χ0n) is 9.38. The van der Waals surface area contributed by atoms with E-state index in [0.717, 1.165) is 22.4 Å². The van der Waals surface area contributed by atoms with Crippen molar-refractivity contribution < 1.29 is 4.74 Å². The van der Waals surface area contributed by atoms with Gasteiger partial charge < -0.3 is 10.1 Å². The maximum atomic E-state index is 5.42. The van der Waals surface area contributed by atoms with Gasteiger partial charge >= 0.3 is 0 Å². The third-order valence-corrected chi connectivity index (χ3v) is 2.43. The molecule has 84 valence electrons. The number of rotatable bonds is 5. The fourth-order valence-corrected chi connectivity index (χ4v) is 1.73. The lowest BCUT2D eigenvalue weighted by molar-refractivity contribution is 0.0870. The molecule has 0 aliphatic carbocycles. The Labute approximate surface area is 99.4 Å². The van der Waals surface area contributed by atoms with Crippen molar-refractivity contribution in [3.8, 4) is 0 Å². The van der Waals surface area contributed by atoms with Gasteiger partial charge in [-0.1, -0.05) is 0 Å². The van der Waals surface area contributed by atoms with Gasteiger partial charge in [0.25, 0.3) is 0 Å². The summed E-state index contributed by atoms with van der Waals surface area (Å²) < 4.78 is 6.41. The first-order chi connectivity index (χ1) is 7.09. The van der Waals surface area contributed by atoms with Gasteiger partial charge in [0.1, 0.15) is 5.82 Å². The lowest BCUT2D eigenvalue weighted by Gasteiger charge is -2.10. The highest BCUT2D eigenvalue weighted by atomic mass is 79.9. The van der Waals surface area contributed by atoms with Crippen LogP contribution in [0.5, 0.6) is 0 Å². The minimum Gasteiger partial charge on any atom is -0.377 e. The number of hydrogen-bond donors (Lipinski definition) is 1. The second-order valence-electron chi connectivity index (χ2n) is 3.69. The molecule has 0 atom stereocenters. The van der Waals surface area contributed by atoms with Crippen molar-refractivity contribution in [2.45, 2.75) is 26.9 Å². The monoisotopic (exact) mass is 272 g/mol. The second-order valence-corrected chi connectivity index (χ2v) is 4.54. The molecule has 1 aromatic rings. The molecule has 1 heterocycles. The van der Waals surface area contributed by atoms with E-state index in [1.165, 1.54) is 0 Å². The van der Waals surface area contributed by atoms with E-state index >= 15 is 0 Å². The molecule has 1 aromatic heterocycles. The summed E-state index contributed by atoms with van der Waals surface area (Å²) in [5.74, 6) is 0.868. The van der Waals surface area contributed by atoms with Crippen LogP contribution in [0.3, 0.4) is 0 Å². The molecule has 0 aliphatic rings. The molecule has 15 heavy (non-hydrogen) atoms. The van der Waals surface area contributed by atoms with E-state index in [2.05, 4.69) is 26.2 Å². The average Bonchev–Trinajstić information content (AvgIpc) is 2.14. The summed E-state index contributed by atoms with van der Waals surface area (Å²) in [6.45, 7) is 7.54. The maximum absolute atomic E-state index is 5.42. The van der Waals surface area contributed by atoms with Crippen LogP contribution < -0.4 is 5.32 Å². The highest BCUT2D eigenvalue weighted by molar-refractivity contribution is 9.10. The van der Waals surface area contributed by atoms with E-state index in [0.29, 0.717) is 6.61 Å². The van der Waals surface area contributed by atoms with Crippen LogP contribution in [0.2, 0.25) is 0 Å². The van der Waals surface area contributed by atoms with Gasteiger partial charge in [0.05, 0.1) is 17.2 Å². The van der Waals surface area contributed by atoms with Crippen molar-refractivity contribution in [3.63, 3.8) is 0 Å². The summed E-state index contributed by atoms with van der Waals surface area (Å²) in [6.07, 6.45) is 2.12. The fourth-order valence-electron chi connectivity index (χ4n) is 1.13. The lowest BCUT2D eigenvalue weighted by Crippen LogP contribution is -2.14. The summed E-state index contributed by atoms with van der Waals surface area (Å²) in [7, 11) is 0. The molecule has 0 spiro atoms. The van der Waals surface area contributed by atoms with Crippen LogP contribution in [-0.4, -0.2) is 24.2 Å². The number of ether oxygens (including phenoxy) is 1. The molecule has 1 N–H and O–H groups in total. The van der Waals surface area contributed by atoms with Gasteiger partial charge in [-0.25, -0.2) is 4.98 Å². The van der Waals surface area contributed by atoms with Crippen molar-refractivity contribution in [2.24, 2.45) is 0 Å². The SMILES string of the molecule is Cc1cnc(NCCOC(C)C)c(Br)c1. The Morgan fingerprint density at radius 1 is 1.53 bits per heavy atom. The topological polar surface area (TPSA) is 34.2 Å². The Hall–Kier alpha value is -0.610. The molecule has 0 aromatic carbocycles. The van der Waals surface area contributed by atoms with Gasteiger partial charge in [-0.3, -0.25) is 0 Å². The number of aryl methyl sites for hydroxylation is 1. The Kier molecular flexibility index (Phi) is 5.05. The van der Waals surface area contributed by atoms with Crippen molar-refractivity contribution in [1.29, 1.82) is 0 Å². The molecule has 0 bridgehead atoms. The van der Waals surface area contributed by atoms with Crippen molar-refractivity contribution in [1.82, 2.24) is 4.98 Å². The molecular formula is C11H17BrN2O. The summed E-state index contributed by atoms with van der Waals surface area (Å²) in [5, 5.41) is 3.21. The first-order valence-electron chi connectivity index (χ1n) is 5.07. The summed E-state index contributed by atoms with van der Waals surface area (Å²) >= 11 is 3.46. The minimum atomic E-state index is 0.279. The Morgan fingerprint density at radius 3 is 2.87 bits per heavy atom. The Balaban J connectivity index is 2.37. The van der Waals surface area contributed by atoms with Crippen LogP contribution in [0.1, 0.15) is 19.4 Å². The van der Waals surface area contributed by atoms with E-state index in [4.69, 9.17) is 4.74 Å². The van der Waals surface area contributed by atoms with Gasteiger partial charge in [0.15, 0.2) is 0 Å². The fraction of sp³-hybridized carbons (Fsp3) is 0.545. The van der Waals surface area contributed by atoms with Crippen molar-refractivity contribution in [3.05, 3.63) is 22.3 Å². The van der Waals surface area contributed by atoms with Gasteiger partial charge in [-0.2, -0.15) is 0 Å². The molecule has 0 aliphatic heterocycles. The van der Waals surface area contributed by atoms with E-state index in [1.807, 2.05) is 33.0 Å². The quantitative estimate of drug-likeness (QED) is 0.837. The molecule has 0 saturated heterocycles. The van der Waals surface area contributed by atoms with Crippen LogP contribution in [0.25, 0.3) is 0 Å². The molecule has 1 rings (SSSR count). The van der Waals surface area contributed by atoms with Crippen LogP contribution in [0, 0.1) is 6.92 Å². The third kappa shape index (κ3) is 4.62. The number of anilines is 1. The minimum absolute atomic E-state index is 0.279. The first-order valence-corrected chi connectivity index (χ1v) is 5.86. The van der Waals surface area contributed by atoms with E-state index in [-0.39, 0.29) is 6.10 Å². The van der Waals surface area contributed by atoms with Crippen LogP contribution in [0.4, 0.5) is 5.82 Å². The average molecular weight is 273 g/mol. The van der Waals surface area contributed by atoms with Crippen LogP contribution in [-0.2, 0) is 4.74 Å². The number of hydrogen-bond acceptors (Lipinski definition) is 3. The normalized spacial score (nSPS) is 10.7. The standard InChI is InChI=1S/C11H17BrN2O/c1-8(2)15-5-4-13-11-10(12)6-9(3)7-14-11/h6-8H,4-5H2,1-3H3,(H,13,14). The zero-order chi connectivity index (χ0) is 11.3. The Morgan fingerprint density at radius 2 is 2.27 bits per heavy atom. The molecule has 0 radical (unpaired) electrons. The van der Waals surface area contributed by atoms with Gasteiger partial charge in [-0.05, 0) is 48.3 Å². The predicted molar refractivity (Wildman–Crippen MR) is 66.3 cm³/mol. The number of pyridine rings is 1. The number of halogens is 1. The predicted octanol–water partition coefficient (Wildman–Crippen LogP) is 2.99. The molecule has 0 unspecified atom stereocenters. The number of nitrogens with one attached hydrogen (secondary N) is 1.